The predicted octanol–water partition coefficient (Wildman–Crippen LogP) is 3.71. The van der Waals surface area contributed by atoms with Crippen molar-refractivity contribution in [3.8, 4) is 11.5 Å². The molecule has 0 saturated heterocycles. The minimum atomic E-state index is -1.13. The minimum Gasteiger partial charge on any atom is -0.478 e. The first-order valence-electron chi connectivity index (χ1n) is 8.13. The fourth-order valence-corrected chi connectivity index (χ4v) is 2.16. The molecular weight excluding hydrogens is 338 g/mol. The molecule has 1 aliphatic heterocycles. The number of carboxylic acid groups (broad SMARTS) is 2. The van der Waals surface area contributed by atoms with Crippen LogP contribution in [0.3, 0.4) is 0 Å². The molecule has 0 spiro atoms. The second-order valence-corrected chi connectivity index (χ2v) is 5.71. The number of anilines is 1. The van der Waals surface area contributed by atoms with Crippen LogP contribution in [0.25, 0.3) is 0 Å². The first kappa shape index (κ1) is 19.1. The topological polar surface area (TPSA) is 105 Å². The predicted molar refractivity (Wildman–Crippen MR) is 96.3 cm³/mol. The number of rotatable bonds is 5. The van der Waals surface area contributed by atoms with E-state index in [9.17, 15) is 9.59 Å². The Balaban J connectivity index is 0.000000190. The third-order valence-corrected chi connectivity index (χ3v) is 3.75. The minimum absolute atomic E-state index is 0.0186. The molecule has 1 aliphatic rings. The first-order chi connectivity index (χ1) is 12.4. The molecule has 26 heavy (non-hydrogen) atoms. The molecule has 2 aromatic carbocycles. The molecule has 7 heteroatoms. The lowest BCUT2D eigenvalue weighted by atomic mass is 10.1. The largest absolute Gasteiger partial charge is 0.478 e. The van der Waals surface area contributed by atoms with Gasteiger partial charge in [-0.05, 0) is 43.7 Å². The van der Waals surface area contributed by atoms with E-state index in [-0.39, 0.29) is 11.1 Å². The van der Waals surface area contributed by atoms with Crippen molar-refractivity contribution >= 4 is 17.6 Å². The zero-order valence-corrected chi connectivity index (χ0v) is 14.6. The third-order valence-electron chi connectivity index (χ3n) is 3.75. The lowest BCUT2D eigenvalue weighted by molar-refractivity contribution is 0.0696. The van der Waals surface area contributed by atoms with Crippen LogP contribution in [0.4, 0.5) is 5.69 Å². The Morgan fingerprint density at radius 3 is 2.23 bits per heavy atom. The number of hydrogen-bond acceptors (Lipinski definition) is 5. The van der Waals surface area contributed by atoms with Gasteiger partial charge in [0, 0.05) is 17.8 Å². The molecule has 0 aliphatic carbocycles. The van der Waals surface area contributed by atoms with E-state index in [1.165, 1.54) is 18.2 Å². The highest BCUT2D eigenvalue weighted by atomic mass is 16.7. The maximum atomic E-state index is 10.4. The highest BCUT2D eigenvalue weighted by Crippen LogP contribution is 2.34. The molecule has 3 N–H and O–H groups in total. The number of aromatic carboxylic acids is 2. The maximum absolute atomic E-state index is 10.4. The number of fused-ring (bicyclic) bond motifs is 1. The molecule has 2 aromatic rings. The SMILES string of the molecule is CCC(C)Nc1ccc2c(c1)OCO2.O=C(O)c1cccc(C(=O)O)c1. The van der Waals surface area contributed by atoms with Gasteiger partial charge in [-0.15, -0.1) is 0 Å². The zero-order chi connectivity index (χ0) is 19.1. The van der Waals surface area contributed by atoms with Gasteiger partial charge in [0.05, 0.1) is 11.1 Å². The van der Waals surface area contributed by atoms with Gasteiger partial charge in [0.25, 0.3) is 0 Å². The van der Waals surface area contributed by atoms with Gasteiger partial charge in [-0.3, -0.25) is 0 Å². The number of benzene rings is 2. The van der Waals surface area contributed by atoms with Gasteiger partial charge >= 0.3 is 11.9 Å². The van der Waals surface area contributed by atoms with Crippen molar-refractivity contribution in [3.63, 3.8) is 0 Å². The van der Waals surface area contributed by atoms with Crippen molar-refractivity contribution in [2.75, 3.05) is 12.1 Å². The Hall–Kier alpha value is -3.22. The van der Waals surface area contributed by atoms with E-state index in [1.807, 2.05) is 18.2 Å². The molecule has 3 rings (SSSR count). The fourth-order valence-electron chi connectivity index (χ4n) is 2.16. The molecule has 1 heterocycles. The summed E-state index contributed by atoms with van der Waals surface area (Å²) < 4.78 is 10.5. The van der Waals surface area contributed by atoms with E-state index >= 15 is 0 Å². The molecule has 0 saturated carbocycles. The standard InChI is InChI=1S/C11H15NO2.C8H6O4/c1-3-8(2)12-9-4-5-10-11(6-9)14-7-13-10;9-7(10)5-2-1-3-6(4-5)8(11)12/h4-6,8,12H,3,7H2,1-2H3;1-4H,(H,9,10)(H,11,12). The van der Waals surface area contributed by atoms with Crippen molar-refractivity contribution in [1.29, 1.82) is 0 Å². The Morgan fingerprint density at radius 1 is 1.04 bits per heavy atom. The summed E-state index contributed by atoms with van der Waals surface area (Å²) in [5.41, 5.74) is 1.05. The van der Waals surface area contributed by atoms with Crippen LogP contribution in [0.2, 0.25) is 0 Å². The summed E-state index contributed by atoms with van der Waals surface area (Å²) in [5.74, 6) is -0.589. The molecule has 138 valence electrons. The summed E-state index contributed by atoms with van der Waals surface area (Å²) in [6.45, 7) is 4.65. The van der Waals surface area contributed by atoms with Crippen LogP contribution < -0.4 is 14.8 Å². The summed E-state index contributed by atoms with van der Waals surface area (Å²) in [6.07, 6.45) is 1.11. The van der Waals surface area contributed by atoms with Gasteiger partial charge in [-0.2, -0.15) is 0 Å². The van der Waals surface area contributed by atoms with Gasteiger partial charge in [0.15, 0.2) is 11.5 Å². The summed E-state index contributed by atoms with van der Waals surface area (Å²) in [6, 6.07) is 11.6. The summed E-state index contributed by atoms with van der Waals surface area (Å²) >= 11 is 0. The molecule has 0 radical (unpaired) electrons. The van der Waals surface area contributed by atoms with E-state index in [1.54, 1.807) is 0 Å². The molecule has 7 nitrogen and oxygen atoms in total. The van der Waals surface area contributed by atoms with Crippen LogP contribution in [-0.2, 0) is 0 Å². The van der Waals surface area contributed by atoms with Crippen molar-refractivity contribution in [2.45, 2.75) is 26.3 Å². The van der Waals surface area contributed by atoms with Gasteiger partial charge in [0.1, 0.15) is 0 Å². The first-order valence-corrected chi connectivity index (χ1v) is 8.13. The summed E-state index contributed by atoms with van der Waals surface area (Å²) in [5, 5.41) is 20.4. The van der Waals surface area contributed by atoms with Crippen LogP contribution in [0.1, 0.15) is 41.0 Å². The van der Waals surface area contributed by atoms with Crippen LogP contribution in [0.15, 0.2) is 42.5 Å². The van der Waals surface area contributed by atoms with E-state index in [0.717, 1.165) is 29.7 Å². The van der Waals surface area contributed by atoms with Crippen molar-refractivity contribution < 1.29 is 29.3 Å². The number of nitrogens with one attached hydrogen (secondary N) is 1. The maximum Gasteiger partial charge on any atom is 0.335 e. The highest BCUT2D eigenvalue weighted by molar-refractivity contribution is 5.93. The molecule has 0 amide bonds. The lowest BCUT2D eigenvalue weighted by Crippen LogP contribution is -2.12. The van der Waals surface area contributed by atoms with Crippen LogP contribution in [0, 0.1) is 0 Å². The van der Waals surface area contributed by atoms with Crippen molar-refractivity contribution in [2.24, 2.45) is 0 Å². The van der Waals surface area contributed by atoms with Crippen molar-refractivity contribution in [1.82, 2.24) is 0 Å². The monoisotopic (exact) mass is 359 g/mol. The highest BCUT2D eigenvalue weighted by Gasteiger charge is 2.13. The Morgan fingerprint density at radius 2 is 1.65 bits per heavy atom. The van der Waals surface area contributed by atoms with Crippen LogP contribution in [0.5, 0.6) is 11.5 Å². The average molecular weight is 359 g/mol. The number of hydrogen-bond donors (Lipinski definition) is 3. The number of carbonyl (C=O) groups is 2. The summed E-state index contributed by atoms with van der Waals surface area (Å²) in [7, 11) is 0. The Kier molecular flexibility index (Phi) is 6.43. The van der Waals surface area contributed by atoms with Gasteiger partial charge in [-0.1, -0.05) is 13.0 Å². The molecule has 0 bridgehead atoms. The average Bonchev–Trinajstić information content (AvgIpc) is 3.10. The van der Waals surface area contributed by atoms with E-state index in [0.29, 0.717) is 12.8 Å². The Bertz CT molecular complexity index is 760. The molecule has 1 unspecified atom stereocenters. The van der Waals surface area contributed by atoms with Crippen LogP contribution in [-0.4, -0.2) is 35.0 Å². The Labute approximate surface area is 151 Å². The molecule has 0 fully saturated rings. The molecule has 0 aromatic heterocycles. The number of ether oxygens (including phenoxy) is 2. The number of carboxylic acids is 2. The second-order valence-electron chi connectivity index (χ2n) is 5.71. The summed E-state index contributed by atoms with van der Waals surface area (Å²) in [4.78, 5) is 20.8. The van der Waals surface area contributed by atoms with E-state index < -0.39 is 11.9 Å². The van der Waals surface area contributed by atoms with E-state index in [2.05, 4.69) is 19.2 Å². The fraction of sp³-hybridized carbons (Fsp3) is 0.263. The van der Waals surface area contributed by atoms with Crippen LogP contribution >= 0.6 is 0 Å². The molecule has 1 atom stereocenters. The van der Waals surface area contributed by atoms with Gasteiger partial charge < -0.3 is 25.0 Å². The normalized spacial score (nSPS) is 12.5. The van der Waals surface area contributed by atoms with Gasteiger partial charge in [0.2, 0.25) is 6.79 Å². The zero-order valence-electron chi connectivity index (χ0n) is 14.6. The lowest BCUT2D eigenvalue weighted by Gasteiger charge is -2.12. The third kappa shape index (κ3) is 5.14. The van der Waals surface area contributed by atoms with E-state index in [4.69, 9.17) is 19.7 Å². The van der Waals surface area contributed by atoms with Gasteiger partial charge in [-0.25, -0.2) is 9.59 Å². The van der Waals surface area contributed by atoms with Crippen molar-refractivity contribution in [3.05, 3.63) is 53.6 Å². The second kappa shape index (κ2) is 8.75. The molecular formula is C19H21NO6. The smallest absolute Gasteiger partial charge is 0.335 e. The quantitative estimate of drug-likeness (QED) is 0.747.